The van der Waals surface area contributed by atoms with E-state index in [4.69, 9.17) is 0 Å². The number of halogens is 1. The van der Waals surface area contributed by atoms with E-state index in [1.165, 1.54) is 0 Å². The Morgan fingerprint density at radius 3 is 2.12 bits per heavy atom. The van der Waals surface area contributed by atoms with Gasteiger partial charge in [0.1, 0.15) is 0 Å². The monoisotopic (exact) mass is 186 g/mol. The van der Waals surface area contributed by atoms with Gasteiger partial charge in [-0.1, -0.05) is 19.4 Å². The van der Waals surface area contributed by atoms with Gasteiger partial charge in [0.25, 0.3) is 0 Å². The molecule has 0 heterocycles. The third-order valence-corrected chi connectivity index (χ3v) is 0.569. The van der Waals surface area contributed by atoms with Crippen LogP contribution in [0, 0.1) is 12.8 Å². The minimum absolute atomic E-state index is 0. The first-order valence-corrected chi connectivity index (χ1v) is 2.21. The van der Waals surface area contributed by atoms with Crippen molar-refractivity contribution >= 4 is 23.1 Å². The maximum Gasteiger partial charge on any atom is 2.00 e. The predicted molar refractivity (Wildman–Crippen MR) is 35.1 cm³/mol. The largest absolute Gasteiger partial charge is 2.00 e. The van der Waals surface area contributed by atoms with E-state index in [1.54, 1.807) is 0 Å². The van der Waals surface area contributed by atoms with Crippen molar-refractivity contribution in [3.05, 3.63) is 19.6 Å². The average Bonchev–Trinajstić information content (AvgIpc) is 1.35. The van der Waals surface area contributed by atoms with Crippen molar-refractivity contribution in [1.82, 2.24) is 0 Å². The Kier molecular flexibility index (Phi) is 21.7. The zero-order chi connectivity index (χ0) is 4.99. The van der Waals surface area contributed by atoms with Gasteiger partial charge in [-0.05, 0) is 0 Å². The fourth-order valence-corrected chi connectivity index (χ4v) is 0.285. The molecule has 0 fully saturated rings. The molecule has 0 spiro atoms. The topological polar surface area (TPSA) is 0 Å². The number of allylic oxidation sites excluding steroid dienone is 1. The van der Waals surface area contributed by atoms with Gasteiger partial charge < -0.3 is 23.9 Å². The molecule has 0 unspecified atom stereocenters. The Bertz CT molecular complexity index is 43.8. The molecule has 0 aliphatic rings. The van der Waals surface area contributed by atoms with Crippen LogP contribution in [0.3, 0.4) is 0 Å². The summed E-state index contributed by atoms with van der Waals surface area (Å²) < 4.78 is 0. The molecule has 0 rings (SSSR count). The van der Waals surface area contributed by atoms with Gasteiger partial charge >= 0.3 is 23.1 Å². The molecular weight excluding hydrogens is 176 g/mol. The summed E-state index contributed by atoms with van der Waals surface area (Å²) >= 11 is 0. The van der Waals surface area contributed by atoms with Crippen molar-refractivity contribution in [2.24, 2.45) is 5.92 Å². The third-order valence-electron chi connectivity index (χ3n) is 0.569. The van der Waals surface area contributed by atoms with Crippen LogP contribution in [0.1, 0.15) is 13.3 Å². The molecule has 44 valence electrons. The Morgan fingerprint density at radius 1 is 1.75 bits per heavy atom. The molecular formula is C6H11BrMg. The van der Waals surface area contributed by atoms with E-state index in [9.17, 15) is 0 Å². The fourth-order valence-electron chi connectivity index (χ4n) is 0.285. The molecule has 0 saturated carbocycles. The summed E-state index contributed by atoms with van der Waals surface area (Å²) in [6.45, 7) is 9.39. The van der Waals surface area contributed by atoms with Crippen molar-refractivity contribution in [1.29, 1.82) is 0 Å². The van der Waals surface area contributed by atoms with E-state index in [1.807, 2.05) is 6.08 Å². The van der Waals surface area contributed by atoms with E-state index >= 15 is 0 Å². The smallest absolute Gasteiger partial charge is 1.00 e. The summed E-state index contributed by atoms with van der Waals surface area (Å²) in [6.07, 6.45) is 2.91. The van der Waals surface area contributed by atoms with Crippen molar-refractivity contribution in [3.8, 4) is 0 Å². The first kappa shape index (κ1) is 16.0. The summed E-state index contributed by atoms with van der Waals surface area (Å²) in [6, 6.07) is 0. The molecule has 0 aliphatic carbocycles. The van der Waals surface area contributed by atoms with Crippen LogP contribution in [0.25, 0.3) is 0 Å². The second-order valence-corrected chi connectivity index (χ2v) is 1.63. The van der Waals surface area contributed by atoms with Gasteiger partial charge in [0.15, 0.2) is 0 Å². The van der Waals surface area contributed by atoms with Crippen LogP contribution >= 0.6 is 0 Å². The molecule has 0 aromatic heterocycles. The summed E-state index contributed by atoms with van der Waals surface area (Å²) in [5.41, 5.74) is 0. The first-order chi connectivity index (χ1) is 2.77. The second kappa shape index (κ2) is 10.9. The Hall–Kier alpha value is 0.986. The normalized spacial score (nSPS) is 10.2. The third kappa shape index (κ3) is 15.8. The Labute approximate surface area is 78.7 Å². The van der Waals surface area contributed by atoms with E-state index in [2.05, 4.69) is 20.4 Å². The van der Waals surface area contributed by atoms with Crippen molar-refractivity contribution in [3.63, 3.8) is 0 Å². The van der Waals surface area contributed by atoms with Crippen LogP contribution in [0.5, 0.6) is 0 Å². The minimum Gasteiger partial charge on any atom is -1.00 e. The average molecular weight is 187 g/mol. The van der Waals surface area contributed by atoms with Crippen molar-refractivity contribution < 1.29 is 17.0 Å². The Balaban J connectivity index is -0.000000125. The van der Waals surface area contributed by atoms with Crippen LogP contribution in [0.2, 0.25) is 0 Å². The summed E-state index contributed by atoms with van der Waals surface area (Å²) in [4.78, 5) is 0. The van der Waals surface area contributed by atoms with Gasteiger partial charge in [-0.3, -0.25) is 0 Å². The molecule has 0 nitrogen and oxygen atoms in total. The van der Waals surface area contributed by atoms with Crippen LogP contribution in [0.4, 0.5) is 0 Å². The molecule has 0 saturated heterocycles. The molecule has 0 aromatic rings. The van der Waals surface area contributed by atoms with Gasteiger partial charge in [0.2, 0.25) is 0 Å². The first-order valence-electron chi connectivity index (χ1n) is 2.21. The molecule has 0 amide bonds. The van der Waals surface area contributed by atoms with Gasteiger partial charge in [-0.2, -0.15) is 5.92 Å². The SMILES string of the molecule is C=CC[C@@H]([CH2-])C.[Br-].[Mg+2]. The van der Waals surface area contributed by atoms with E-state index in [0.717, 1.165) is 6.42 Å². The fraction of sp³-hybridized carbons (Fsp3) is 0.500. The van der Waals surface area contributed by atoms with Crippen LogP contribution in [0.15, 0.2) is 12.7 Å². The van der Waals surface area contributed by atoms with Crippen molar-refractivity contribution in [2.45, 2.75) is 13.3 Å². The summed E-state index contributed by atoms with van der Waals surface area (Å²) in [7, 11) is 0. The maximum atomic E-state index is 3.76. The van der Waals surface area contributed by atoms with E-state index < -0.39 is 0 Å². The van der Waals surface area contributed by atoms with Gasteiger partial charge in [0, 0.05) is 0 Å². The number of rotatable bonds is 2. The molecule has 0 aromatic carbocycles. The van der Waals surface area contributed by atoms with Crippen LogP contribution in [-0.2, 0) is 0 Å². The molecule has 1 atom stereocenters. The predicted octanol–water partition coefficient (Wildman–Crippen LogP) is -1.34. The van der Waals surface area contributed by atoms with Crippen molar-refractivity contribution in [2.75, 3.05) is 0 Å². The number of hydrogen-bond acceptors (Lipinski definition) is 0. The van der Waals surface area contributed by atoms with Gasteiger partial charge in [0.05, 0.1) is 0 Å². The molecule has 0 radical (unpaired) electrons. The van der Waals surface area contributed by atoms with E-state index in [-0.39, 0.29) is 40.0 Å². The van der Waals surface area contributed by atoms with E-state index in [0.29, 0.717) is 5.92 Å². The Morgan fingerprint density at radius 2 is 2.12 bits per heavy atom. The zero-order valence-electron chi connectivity index (χ0n) is 5.36. The molecule has 0 N–H and O–H groups in total. The molecule has 0 bridgehead atoms. The maximum absolute atomic E-state index is 3.76. The van der Waals surface area contributed by atoms with Crippen LogP contribution < -0.4 is 17.0 Å². The molecule has 2 heteroatoms. The minimum atomic E-state index is 0. The second-order valence-electron chi connectivity index (χ2n) is 1.63. The summed E-state index contributed by atoms with van der Waals surface area (Å²) in [5.74, 6) is 0.530. The summed E-state index contributed by atoms with van der Waals surface area (Å²) in [5, 5.41) is 0. The zero-order valence-corrected chi connectivity index (χ0v) is 8.36. The standard InChI is InChI=1S/C6H11.BrH.Mg/c1-4-5-6(2)3;;/h4,6H,1-2,5H2,3H3;1H;/q-1;;+2/p-1/t6-;;/m0../s1. The van der Waals surface area contributed by atoms with Gasteiger partial charge in [-0.15, -0.1) is 6.58 Å². The molecule has 0 aliphatic heterocycles. The quantitative estimate of drug-likeness (QED) is 0.285. The van der Waals surface area contributed by atoms with Gasteiger partial charge in [-0.25, -0.2) is 0 Å². The molecule has 8 heavy (non-hydrogen) atoms. The van der Waals surface area contributed by atoms with Crippen LogP contribution in [-0.4, -0.2) is 23.1 Å². The number of hydrogen-bond donors (Lipinski definition) is 0.